The van der Waals surface area contributed by atoms with Crippen LogP contribution < -0.4 is 4.90 Å². The van der Waals surface area contributed by atoms with E-state index in [2.05, 4.69) is 160 Å². The average Bonchev–Trinajstić information content (AvgIpc) is 3.60. The zero-order valence-electron chi connectivity index (χ0n) is 33.3. The SMILES string of the molecule is CC1(C)c2ccccc2-c2ccc(-c3ccc4c(c3)-c3ccc(N(c5ccc(C6CCCCC6)cc5)c5ccc(C6CCCCC6)cc5)cc3C4(C)C)cc21. The number of hydrogen-bond donors (Lipinski definition) is 0. The van der Waals surface area contributed by atoms with Gasteiger partial charge in [-0.25, -0.2) is 0 Å². The Morgan fingerprint density at radius 1 is 0.382 bits per heavy atom. The predicted octanol–water partition coefficient (Wildman–Crippen LogP) is 15.5. The van der Waals surface area contributed by atoms with Crippen molar-refractivity contribution in [3.8, 4) is 33.4 Å². The third-order valence-corrected chi connectivity index (χ3v) is 14.3. The Kier molecular flexibility index (Phi) is 8.43. The maximum absolute atomic E-state index is 2.50. The highest BCUT2D eigenvalue weighted by Crippen LogP contribution is 2.53. The van der Waals surface area contributed by atoms with Gasteiger partial charge >= 0.3 is 0 Å². The van der Waals surface area contributed by atoms with Crippen LogP contribution in [0.3, 0.4) is 0 Å². The van der Waals surface area contributed by atoms with Crippen LogP contribution in [0.15, 0.2) is 127 Å². The zero-order chi connectivity index (χ0) is 37.3. The number of rotatable bonds is 6. The molecule has 55 heavy (non-hydrogen) atoms. The fraction of sp³-hybridized carbons (Fsp3) is 0.333. The molecule has 0 unspecified atom stereocenters. The Hall–Kier alpha value is -4.88. The first-order valence-electron chi connectivity index (χ1n) is 21.3. The van der Waals surface area contributed by atoms with E-state index in [0.29, 0.717) is 11.8 Å². The molecule has 1 nitrogen and oxygen atoms in total. The van der Waals surface area contributed by atoms with Crippen molar-refractivity contribution < 1.29 is 0 Å². The molecule has 0 heterocycles. The molecule has 0 N–H and O–H groups in total. The molecule has 1 heteroatoms. The number of benzene rings is 6. The van der Waals surface area contributed by atoms with Crippen molar-refractivity contribution in [2.75, 3.05) is 4.90 Å². The van der Waals surface area contributed by atoms with Crippen LogP contribution >= 0.6 is 0 Å². The van der Waals surface area contributed by atoms with Crippen LogP contribution in [0, 0.1) is 0 Å². The van der Waals surface area contributed by atoms with Crippen molar-refractivity contribution in [1.29, 1.82) is 0 Å². The fourth-order valence-electron chi connectivity index (χ4n) is 11.1. The molecule has 0 radical (unpaired) electrons. The lowest BCUT2D eigenvalue weighted by Crippen LogP contribution is -2.16. The summed E-state index contributed by atoms with van der Waals surface area (Å²) in [6.45, 7) is 9.58. The molecule has 4 aliphatic rings. The molecule has 0 spiro atoms. The van der Waals surface area contributed by atoms with Gasteiger partial charge < -0.3 is 4.90 Å². The van der Waals surface area contributed by atoms with Gasteiger partial charge in [-0.15, -0.1) is 0 Å². The van der Waals surface area contributed by atoms with E-state index in [0.717, 1.165) is 0 Å². The van der Waals surface area contributed by atoms with E-state index >= 15 is 0 Å². The predicted molar refractivity (Wildman–Crippen MR) is 233 cm³/mol. The lowest BCUT2D eigenvalue weighted by atomic mass is 9.81. The van der Waals surface area contributed by atoms with E-state index in [1.807, 2.05) is 0 Å². The highest BCUT2D eigenvalue weighted by atomic mass is 15.1. The van der Waals surface area contributed by atoms with E-state index in [1.165, 1.54) is 148 Å². The van der Waals surface area contributed by atoms with Crippen molar-refractivity contribution in [2.45, 2.75) is 115 Å². The van der Waals surface area contributed by atoms with E-state index in [-0.39, 0.29) is 10.8 Å². The number of hydrogen-bond acceptors (Lipinski definition) is 1. The van der Waals surface area contributed by atoms with Crippen LogP contribution in [0.25, 0.3) is 33.4 Å². The molecule has 6 aromatic rings. The quantitative estimate of drug-likeness (QED) is 0.166. The van der Waals surface area contributed by atoms with Gasteiger partial charge in [-0.2, -0.15) is 0 Å². The van der Waals surface area contributed by atoms with E-state index in [9.17, 15) is 0 Å². The zero-order valence-corrected chi connectivity index (χ0v) is 33.3. The molecule has 6 aromatic carbocycles. The van der Waals surface area contributed by atoms with Crippen molar-refractivity contribution in [3.05, 3.63) is 161 Å². The summed E-state index contributed by atoms with van der Waals surface area (Å²) >= 11 is 0. The molecule has 2 saturated carbocycles. The number of nitrogens with zero attached hydrogens (tertiary/aromatic N) is 1. The van der Waals surface area contributed by atoms with E-state index in [1.54, 1.807) is 0 Å². The Labute approximate surface area is 329 Å². The van der Waals surface area contributed by atoms with Crippen LogP contribution in [0.1, 0.15) is 137 Å². The van der Waals surface area contributed by atoms with Crippen molar-refractivity contribution >= 4 is 17.1 Å². The first-order chi connectivity index (χ1) is 26.8. The fourth-order valence-corrected chi connectivity index (χ4v) is 11.1. The van der Waals surface area contributed by atoms with Gasteiger partial charge in [0, 0.05) is 27.9 Å². The topological polar surface area (TPSA) is 3.24 Å². The Balaban J connectivity index is 1.02. The van der Waals surface area contributed by atoms with Crippen LogP contribution in [0.4, 0.5) is 17.1 Å². The monoisotopic (exact) mass is 717 g/mol. The molecule has 0 bridgehead atoms. The minimum Gasteiger partial charge on any atom is -0.310 e. The van der Waals surface area contributed by atoms with E-state index in [4.69, 9.17) is 0 Å². The minimum absolute atomic E-state index is 0.0120. The molecule has 4 aliphatic carbocycles. The highest BCUT2D eigenvalue weighted by molar-refractivity contribution is 5.89. The second kappa shape index (κ2) is 13.4. The third kappa shape index (κ3) is 5.80. The average molecular weight is 718 g/mol. The second-order valence-corrected chi connectivity index (χ2v) is 18.2. The number of fused-ring (bicyclic) bond motifs is 6. The molecule has 10 rings (SSSR count). The maximum atomic E-state index is 2.50. The number of anilines is 3. The van der Waals surface area contributed by atoms with Crippen LogP contribution in [-0.4, -0.2) is 0 Å². The standard InChI is InChI=1S/C54H55N/c1-53(2)49-18-12-11-17-45(49)46-30-23-41(34-51(46)53)40-24-32-50-48(33-40)47-31-29-44(35-52(47)54(50,3)4)55(42-25-19-38(20-26-42)36-13-7-5-8-14-36)43-27-21-39(22-28-43)37-15-9-6-10-16-37/h11-12,17-37H,5-10,13-16H2,1-4H3. The first-order valence-corrected chi connectivity index (χ1v) is 21.3. The third-order valence-electron chi connectivity index (χ3n) is 14.3. The Morgan fingerprint density at radius 3 is 1.45 bits per heavy atom. The first kappa shape index (κ1) is 34.6. The molecule has 276 valence electrons. The summed E-state index contributed by atoms with van der Waals surface area (Å²) in [7, 11) is 0. The summed E-state index contributed by atoms with van der Waals surface area (Å²) in [5.74, 6) is 1.41. The Morgan fingerprint density at radius 2 is 0.836 bits per heavy atom. The normalized spacial score (nSPS) is 18.3. The molecule has 0 saturated heterocycles. The summed E-state index contributed by atoms with van der Waals surface area (Å²) < 4.78 is 0. The van der Waals surface area contributed by atoms with E-state index < -0.39 is 0 Å². The van der Waals surface area contributed by atoms with Crippen LogP contribution in [0.5, 0.6) is 0 Å². The van der Waals surface area contributed by atoms with Gasteiger partial charge in [0.25, 0.3) is 0 Å². The summed E-state index contributed by atoms with van der Waals surface area (Å²) in [6, 6.07) is 49.8. The summed E-state index contributed by atoms with van der Waals surface area (Å²) in [4.78, 5) is 2.50. The van der Waals surface area contributed by atoms with Crippen LogP contribution in [-0.2, 0) is 10.8 Å². The largest absolute Gasteiger partial charge is 0.310 e. The molecule has 0 aliphatic heterocycles. The maximum Gasteiger partial charge on any atom is 0.0465 e. The van der Waals surface area contributed by atoms with Gasteiger partial charge in [0.2, 0.25) is 0 Å². The lowest BCUT2D eigenvalue weighted by molar-refractivity contribution is 0.443. The summed E-state index contributed by atoms with van der Waals surface area (Å²) in [5.41, 5.74) is 20.4. The van der Waals surface area contributed by atoms with Crippen molar-refractivity contribution in [1.82, 2.24) is 0 Å². The smallest absolute Gasteiger partial charge is 0.0465 e. The van der Waals surface area contributed by atoms with Gasteiger partial charge in [0.15, 0.2) is 0 Å². The van der Waals surface area contributed by atoms with Crippen LogP contribution in [0.2, 0.25) is 0 Å². The second-order valence-electron chi connectivity index (χ2n) is 18.2. The molecular weight excluding hydrogens is 663 g/mol. The molecular formula is C54H55N. The molecule has 0 amide bonds. The van der Waals surface area contributed by atoms with Gasteiger partial charge in [-0.1, -0.05) is 145 Å². The molecule has 0 aromatic heterocycles. The van der Waals surface area contributed by atoms with Crippen molar-refractivity contribution in [2.24, 2.45) is 0 Å². The molecule has 2 fully saturated rings. The van der Waals surface area contributed by atoms with Gasteiger partial charge in [0.05, 0.1) is 0 Å². The lowest BCUT2D eigenvalue weighted by Gasteiger charge is -2.29. The Bertz CT molecular complexity index is 2320. The van der Waals surface area contributed by atoms with Gasteiger partial charge in [-0.05, 0) is 153 Å². The molecule has 0 atom stereocenters. The van der Waals surface area contributed by atoms with Gasteiger partial charge in [0.1, 0.15) is 0 Å². The summed E-state index contributed by atoms with van der Waals surface area (Å²) in [6.07, 6.45) is 13.5. The summed E-state index contributed by atoms with van der Waals surface area (Å²) in [5, 5.41) is 0. The minimum atomic E-state index is -0.109. The highest BCUT2D eigenvalue weighted by Gasteiger charge is 2.38. The van der Waals surface area contributed by atoms with Gasteiger partial charge in [-0.3, -0.25) is 0 Å². The van der Waals surface area contributed by atoms with Crippen molar-refractivity contribution in [3.63, 3.8) is 0 Å².